The summed E-state index contributed by atoms with van der Waals surface area (Å²) in [6.07, 6.45) is -0.809. The maximum absolute atomic E-state index is 12.5. The summed E-state index contributed by atoms with van der Waals surface area (Å²) in [4.78, 5) is 12.3. The van der Waals surface area contributed by atoms with Gasteiger partial charge in [0.1, 0.15) is 11.4 Å². The summed E-state index contributed by atoms with van der Waals surface area (Å²) in [6, 6.07) is 7.71. The summed E-state index contributed by atoms with van der Waals surface area (Å²) in [6.45, 7) is 2.48. The number of nitrogens with zero attached hydrogens (tertiary/aromatic N) is 1. The van der Waals surface area contributed by atoms with Crippen LogP contribution in [0.15, 0.2) is 36.5 Å². The molecule has 0 radical (unpaired) electrons. The first-order valence-corrected chi connectivity index (χ1v) is 8.98. The number of benzene rings is 1. The fraction of sp³-hybridized carbons (Fsp3) is 0.421. The number of alkyl halides is 3. The SMILES string of the molecule is Cl.O=C1NCC(C2CCNCC2)n2cc(-c3cccc(OC(F)(F)F)c3)cc21. The fourth-order valence-corrected chi connectivity index (χ4v) is 3.98. The van der Waals surface area contributed by atoms with Crippen LogP contribution in [0.1, 0.15) is 29.4 Å². The molecule has 0 bridgehead atoms. The largest absolute Gasteiger partial charge is 0.573 e. The molecular formula is C19H21ClF3N3O2. The summed E-state index contributed by atoms with van der Waals surface area (Å²) in [7, 11) is 0. The van der Waals surface area contributed by atoms with Crippen LogP contribution in [-0.2, 0) is 0 Å². The topological polar surface area (TPSA) is 55.3 Å². The molecule has 28 heavy (non-hydrogen) atoms. The molecule has 1 fully saturated rings. The molecule has 2 aliphatic rings. The number of aromatic nitrogens is 1. The molecule has 1 aromatic carbocycles. The van der Waals surface area contributed by atoms with Crippen molar-refractivity contribution in [2.45, 2.75) is 25.2 Å². The third kappa shape index (κ3) is 4.28. The molecule has 0 saturated carbocycles. The molecule has 1 aromatic heterocycles. The first kappa shape index (κ1) is 20.5. The van der Waals surface area contributed by atoms with E-state index < -0.39 is 6.36 Å². The molecule has 152 valence electrons. The number of halogens is 4. The van der Waals surface area contributed by atoms with E-state index in [-0.39, 0.29) is 30.1 Å². The summed E-state index contributed by atoms with van der Waals surface area (Å²) in [5.74, 6) is 0.0170. The van der Waals surface area contributed by atoms with Gasteiger partial charge in [0.2, 0.25) is 0 Å². The molecule has 0 aliphatic carbocycles. The van der Waals surface area contributed by atoms with E-state index in [9.17, 15) is 18.0 Å². The molecule has 0 spiro atoms. The van der Waals surface area contributed by atoms with Crippen LogP contribution in [-0.4, -0.2) is 36.5 Å². The number of rotatable bonds is 3. The molecule has 3 heterocycles. The van der Waals surface area contributed by atoms with Gasteiger partial charge in [-0.1, -0.05) is 12.1 Å². The third-order valence-electron chi connectivity index (χ3n) is 5.24. The zero-order valence-corrected chi connectivity index (χ0v) is 15.8. The van der Waals surface area contributed by atoms with E-state index in [0.29, 0.717) is 29.3 Å². The van der Waals surface area contributed by atoms with Crippen molar-refractivity contribution >= 4 is 18.3 Å². The number of hydrogen-bond acceptors (Lipinski definition) is 3. The van der Waals surface area contributed by atoms with Crippen LogP contribution in [0.25, 0.3) is 11.1 Å². The molecule has 2 aromatic rings. The van der Waals surface area contributed by atoms with Gasteiger partial charge in [0, 0.05) is 18.3 Å². The predicted molar refractivity (Wildman–Crippen MR) is 101 cm³/mol. The van der Waals surface area contributed by atoms with Gasteiger partial charge in [0.05, 0.1) is 6.04 Å². The van der Waals surface area contributed by atoms with Crippen molar-refractivity contribution in [2.75, 3.05) is 19.6 Å². The standard InChI is InChI=1S/C19H20F3N3O2.ClH/c20-19(21,22)27-15-3-1-2-13(8-15)14-9-16-18(26)24-10-17(25(16)11-14)12-4-6-23-7-5-12;/h1-3,8-9,11-12,17,23H,4-7,10H2,(H,24,26);1H. The summed E-state index contributed by atoms with van der Waals surface area (Å²) >= 11 is 0. The van der Waals surface area contributed by atoms with E-state index >= 15 is 0 Å². The number of ether oxygens (including phenoxy) is 1. The van der Waals surface area contributed by atoms with Crippen molar-refractivity contribution < 1.29 is 22.7 Å². The first-order valence-electron chi connectivity index (χ1n) is 8.98. The van der Waals surface area contributed by atoms with Gasteiger partial charge in [-0.15, -0.1) is 25.6 Å². The Labute approximate surface area is 166 Å². The van der Waals surface area contributed by atoms with Gasteiger partial charge in [-0.05, 0) is 55.6 Å². The lowest BCUT2D eigenvalue weighted by Gasteiger charge is -2.35. The van der Waals surface area contributed by atoms with Crippen LogP contribution >= 0.6 is 12.4 Å². The van der Waals surface area contributed by atoms with Crippen molar-refractivity contribution in [1.29, 1.82) is 0 Å². The van der Waals surface area contributed by atoms with Gasteiger partial charge in [-0.25, -0.2) is 0 Å². The summed E-state index contributed by atoms with van der Waals surface area (Å²) in [5, 5.41) is 6.28. The molecule has 5 nitrogen and oxygen atoms in total. The van der Waals surface area contributed by atoms with Crippen LogP contribution in [0.2, 0.25) is 0 Å². The van der Waals surface area contributed by atoms with Crippen molar-refractivity contribution in [3.05, 3.63) is 42.2 Å². The van der Waals surface area contributed by atoms with Crippen LogP contribution in [0.4, 0.5) is 13.2 Å². The zero-order valence-electron chi connectivity index (χ0n) is 15.0. The monoisotopic (exact) mass is 415 g/mol. The summed E-state index contributed by atoms with van der Waals surface area (Å²) < 4.78 is 43.5. The van der Waals surface area contributed by atoms with E-state index in [0.717, 1.165) is 25.9 Å². The number of fused-ring (bicyclic) bond motifs is 1. The lowest BCUT2D eigenvalue weighted by atomic mass is 9.89. The number of hydrogen-bond donors (Lipinski definition) is 2. The second-order valence-electron chi connectivity index (χ2n) is 6.96. The van der Waals surface area contributed by atoms with Crippen LogP contribution in [0, 0.1) is 5.92 Å². The second kappa shape index (κ2) is 8.05. The molecule has 2 N–H and O–H groups in total. The Morgan fingerprint density at radius 2 is 1.86 bits per heavy atom. The highest BCUT2D eigenvalue weighted by Crippen LogP contribution is 2.34. The Bertz CT molecular complexity index is 847. The van der Waals surface area contributed by atoms with Gasteiger partial charge < -0.3 is 19.9 Å². The minimum absolute atomic E-state index is 0. The molecule has 1 saturated heterocycles. The fourth-order valence-electron chi connectivity index (χ4n) is 3.98. The van der Waals surface area contributed by atoms with E-state index in [1.54, 1.807) is 12.1 Å². The van der Waals surface area contributed by atoms with E-state index in [1.807, 2.05) is 10.8 Å². The molecule has 1 unspecified atom stereocenters. The molecule has 9 heteroatoms. The predicted octanol–water partition coefficient (Wildman–Crippen LogP) is 3.76. The Morgan fingerprint density at radius 3 is 2.57 bits per heavy atom. The van der Waals surface area contributed by atoms with Gasteiger partial charge in [0.25, 0.3) is 5.91 Å². The quantitative estimate of drug-likeness (QED) is 0.802. The molecule has 1 amide bonds. The minimum Gasteiger partial charge on any atom is -0.406 e. The van der Waals surface area contributed by atoms with Crippen LogP contribution in [0.3, 0.4) is 0 Å². The van der Waals surface area contributed by atoms with E-state index in [1.165, 1.54) is 18.2 Å². The third-order valence-corrected chi connectivity index (χ3v) is 5.24. The van der Waals surface area contributed by atoms with Gasteiger partial charge in [0.15, 0.2) is 0 Å². The smallest absolute Gasteiger partial charge is 0.406 e. The van der Waals surface area contributed by atoms with Crippen LogP contribution in [0.5, 0.6) is 5.75 Å². The van der Waals surface area contributed by atoms with Gasteiger partial charge in [-0.2, -0.15) is 0 Å². The van der Waals surface area contributed by atoms with Gasteiger partial charge in [-0.3, -0.25) is 4.79 Å². The highest BCUT2D eigenvalue weighted by atomic mass is 35.5. The van der Waals surface area contributed by atoms with E-state index in [2.05, 4.69) is 15.4 Å². The number of piperidine rings is 1. The van der Waals surface area contributed by atoms with E-state index in [4.69, 9.17) is 0 Å². The highest BCUT2D eigenvalue weighted by Gasteiger charge is 2.33. The lowest BCUT2D eigenvalue weighted by molar-refractivity contribution is -0.274. The second-order valence-corrected chi connectivity index (χ2v) is 6.96. The maximum Gasteiger partial charge on any atom is 0.573 e. The number of carbonyl (C=O) groups is 1. The Hall–Kier alpha value is -2.19. The normalized spacial score (nSPS) is 20.1. The van der Waals surface area contributed by atoms with Crippen LogP contribution < -0.4 is 15.4 Å². The average molecular weight is 416 g/mol. The Kier molecular flexibility index (Phi) is 5.90. The van der Waals surface area contributed by atoms with Crippen molar-refractivity contribution in [3.63, 3.8) is 0 Å². The average Bonchev–Trinajstić information content (AvgIpc) is 3.08. The lowest BCUT2D eigenvalue weighted by Crippen LogP contribution is -2.43. The molecule has 1 atom stereocenters. The Morgan fingerprint density at radius 1 is 1.11 bits per heavy atom. The zero-order chi connectivity index (χ0) is 19.0. The highest BCUT2D eigenvalue weighted by molar-refractivity contribution is 5.95. The molecule has 4 rings (SSSR count). The molecular weight excluding hydrogens is 395 g/mol. The Balaban J connectivity index is 0.00000225. The first-order chi connectivity index (χ1) is 12.9. The van der Waals surface area contributed by atoms with Crippen molar-refractivity contribution in [2.24, 2.45) is 5.92 Å². The van der Waals surface area contributed by atoms with Gasteiger partial charge >= 0.3 is 6.36 Å². The minimum atomic E-state index is -4.74. The number of carbonyl (C=O) groups excluding carboxylic acids is 1. The molecule has 2 aliphatic heterocycles. The summed E-state index contributed by atoms with van der Waals surface area (Å²) in [5.41, 5.74) is 1.83. The van der Waals surface area contributed by atoms with Crippen molar-refractivity contribution in [1.82, 2.24) is 15.2 Å². The maximum atomic E-state index is 12.5. The number of nitrogens with one attached hydrogen (secondary N) is 2. The van der Waals surface area contributed by atoms with Crippen molar-refractivity contribution in [3.8, 4) is 16.9 Å². The number of amides is 1.